The lowest BCUT2D eigenvalue weighted by Gasteiger charge is -2.15. The average molecular weight is 284 g/mol. The Morgan fingerprint density at radius 1 is 1.05 bits per heavy atom. The summed E-state index contributed by atoms with van der Waals surface area (Å²) < 4.78 is 5.49. The Bertz CT molecular complexity index is 622. The maximum atomic E-state index is 12.0. The number of aromatic carboxylic acids is 1. The molecule has 1 amide bonds. The van der Waals surface area contributed by atoms with Gasteiger partial charge in [-0.15, -0.1) is 0 Å². The lowest BCUT2D eigenvalue weighted by molar-refractivity contribution is -0.255. The van der Waals surface area contributed by atoms with Crippen molar-refractivity contribution in [2.45, 2.75) is 13.0 Å². The minimum atomic E-state index is -1.26. The highest BCUT2D eigenvalue weighted by molar-refractivity contribution is 5.94. The third-order valence-corrected chi connectivity index (χ3v) is 2.81. The summed E-state index contributed by atoms with van der Waals surface area (Å²) in [5.41, 5.74) is 0.551. The van der Waals surface area contributed by atoms with Gasteiger partial charge in [0.25, 0.3) is 5.91 Å². The molecule has 0 bridgehead atoms. The molecule has 0 aliphatic heterocycles. The molecule has 0 fully saturated rings. The first-order chi connectivity index (χ1) is 10.1. The Morgan fingerprint density at radius 2 is 1.67 bits per heavy atom. The van der Waals surface area contributed by atoms with Crippen molar-refractivity contribution in [2.75, 3.05) is 5.32 Å². The number of hydrogen-bond acceptors (Lipinski definition) is 4. The number of amides is 1. The molecule has 108 valence electrons. The summed E-state index contributed by atoms with van der Waals surface area (Å²) in [4.78, 5) is 22.6. The van der Waals surface area contributed by atoms with E-state index in [1.54, 1.807) is 19.1 Å². The molecule has 21 heavy (non-hydrogen) atoms. The van der Waals surface area contributed by atoms with Crippen molar-refractivity contribution >= 4 is 17.6 Å². The number of rotatable bonds is 5. The smallest absolute Gasteiger partial charge is 0.265 e. The van der Waals surface area contributed by atoms with Crippen LogP contribution in [0.15, 0.2) is 54.6 Å². The van der Waals surface area contributed by atoms with Crippen LogP contribution in [0, 0.1) is 0 Å². The summed E-state index contributed by atoms with van der Waals surface area (Å²) in [6.45, 7) is 1.64. The molecule has 1 atom stereocenters. The summed E-state index contributed by atoms with van der Waals surface area (Å²) in [6.07, 6.45) is -0.673. The molecule has 0 aliphatic carbocycles. The van der Waals surface area contributed by atoms with Gasteiger partial charge in [-0.05, 0) is 36.8 Å². The number of nitrogens with one attached hydrogen (secondary N) is 1. The van der Waals surface area contributed by atoms with Crippen LogP contribution in [0.25, 0.3) is 0 Å². The summed E-state index contributed by atoms with van der Waals surface area (Å²) in [6, 6.07) is 14.8. The van der Waals surface area contributed by atoms with Crippen LogP contribution in [0.3, 0.4) is 0 Å². The normalized spacial score (nSPS) is 11.5. The number of anilines is 1. The molecule has 2 rings (SSSR count). The predicted molar refractivity (Wildman–Crippen MR) is 75.9 cm³/mol. The Kier molecular flexibility index (Phi) is 4.56. The lowest BCUT2D eigenvalue weighted by Crippen LogP contribution is -2.30. The first-order valence-electron chi connectivity index (χ1n) is 6.40. The van der Waals surface area contributed by atoms with Crippen LogP contribution in [-0.2, 0) is 4.79 Å². The molecule has 0 heterocycles. The second-order valence-corrected chi connectivity index (χ2v) is 4.43. The van der Waals surface area contributed by atoms with Crippen molar-refractivity contribution in [1.29, 1.82) is 0 Å². The van der Waals surface area contributed by atoms with Crippen LogP contribution >= 0.6 is 0 Å². The van der Waals surface area contributed by atoms with Crippen molar-refractivity contribution in [2.24, 2.45) is 0 Å². The van der Waals surface area contributed by atoms with Crippen molar-refractivity contribution in [3.63, 3.8) is 0 Å². The highest BCUT2D eigenvalue weighted by Crippen LogP contribution is 2.13. The highest BCUT2D eigenvalue weighted by Gasteiger charge is 2.14. The largest absolute Gasteiger partial charge is 0.545 e. The number of para-hydroxylation sites is 1. The van der Waals surface area contributed by atoms with Crippen molar-refractivity contribution in [3.8, 4) is 5.75 Å². The first kappa shape index (κ1) is 14.6. The molecular formula is C16H14NO4-. The van der Waals surface area contributed by atoms with Crippen LogP contribution in [-0.4, -0.2) is 18.0 Å². The van der Waals surface area contributed by atoms with Crippen LogP contribution in [0.1, 0.15) is 17.3 Å². The van der Waals surface area contributed by atoms with Gasteiger partial charge in [-0.1, -0.05) is 30.3 Å². The molecule has 0 unspecified atom stereocenters. The molecule has 0 saturated heterocycles. The van der Waals surface area contributed by atoms with Gasteiger partial charge >= 0.3 is 0 Å². The van der Waals surface area contributed by atoms with Crippen LogP contribution in [0.4, 0.5) is 5.69 Å². The Hall–Kier alpha value is -2.82. The molecule has 2 aromatic carbocycles. The number of hydrogen-bond donors (Lipinski definition) is 1. The zero-order valence-corrected chi connectivity index (χ0v) is 11.4. The van der Waals surface area contributed by atoms with Crippen LogP contribution in [0.5, 0.6) is 5.75 Å². The number of carbonyl (C=O) groups is 2. The lowest BCUT2D eigenvalue weighted by atomic mass is 10.2. The molecule has 1 N–H and O–H groups in total. The molecule has 0 aromatic heterocycles. The molecular weight excluding hydrogens is 270 g/mol. The standard InChI is InChI=1S/C16H15NO4/c1-11(21-14-5-3-2-4-6-14)15(18)17-13-9-7-12(8-10-13)16(19)20/h2-11H,1H3,(H,17,18)(H,19,20)/p-1/t11-/m1/s1. The molecule has 0 spiro atoms. The van der Waals surface area contributed by atoms with E-state index in [0.717, 1.165) is 0 Å². The third-order valence-electron chi connectivity index (χ3n) is 2.81. The highest BCUT2D eigenvalue weighted by atomic mass is 16.5. The fourth-order valence-electron chi connectivity index (χ4n) is 1.69. The molecule has 0 radical (unpaired) electrons. The predicted octanol–water partition coefficient (Wildman–Crippen LogP) is 1.46. The first-order valence-corrected chi connectivity index (χ1v) is 6.40. The summed E-state index contributed by atoms with van der Waals surface area (Å²) in [7, 11) is 0. The fourth-order valence-corrected chi connectivity index (χ4v) is 1.69. The SMILES string of the molecule is C[C@@H](Oc1ccccc1)C(=O)Nc1ccc(C(=O)[O-])cc1. The Labute approximate surface area is 122 Å². The van der Waals surface area contributed by atoms with Crippen molar-refractivity contribution in [3.05, 3.63) is 60.2 Å². The maximum absolute atomic E-state index is 12.0. The zero-order valence-electron chi connectivity index (χ0n) is 11.4. The van der Waals surface area contributed by atoms with E-state index in [0.29, 0.717) is 11.4 Å². The summed E-state index contributed by atoms with van der Waals surface area (Å²) in [5.74, 6) is -0.971. The summed E-state index contributed by atoms with van der Waals surface area (Å²) in [5, 5.41) is 13.3. The number of carboxylic acids is 1. The van der Waals surface area contributed by atoms with E-state index >= 15 is 0 Å². The average Bonchev–Trinajstić information content (AvgIpc) is 2.48. The third kappa shape index (κ3) is 4.07. The van der Waals surface area contributed by atoms with Gasteiger partial charge in [0.05, 0.1) is 5.97 Å². The van der Waals surface area contributed by atoms with Crippen molar-refractivity contribution < 1.29 is 19.4 Å². The monoisotopic (exact) mass is 284 g/mol. The molecule has 0 saturated carbocycles. The summed E-state index contributed by atoms with van der Waals surface area (Å²) >= 11 is 0. The molecule has 5 heteroatoms. The second kappa shape index (κ2) is 6.56. The van der Waals surface area contributed by atoms with E-state index < -0.39 is 12.1 Å². The second-order valence-electron chi connectivity index (χ2n) is 4.43. The van der Waals surface area contributed by atoms with Gasteiger partial charge in [-0.25, -0.2) is 0 Å². The Morgan fingerprint density at radius 3 is 2.24 bits per heavy atom. The van der Waals surface area contributed by atoms with Gasteiger partial charge in [0.1, 0.15) is 5.75 Å². The molecule has 0 aliphatic rings. The zero-order chi connectivity index (χ0) is 15.2. The van der Waals surface area contributed by atoms with Gasteiger partial charge in [0.2, 0.25) is 0 Å². The number of carbonyl (C=O) groups excluding carboxylic acids is 2. The van der Waals surface area contributed by atoms with Crippen molar-refractivity contribution in [1.82, 2.24) is 0 Å². The quantitative estimate of drug-likeness (QED) is 0.901. The Balaban J connectivity index is 1.95. The van der Waals surface area contributed by atoms with Crippen LogP contribution < -0.4 is 15.2 Å². The van der Waals surface area contributed by atoms with Crippen LogP contribution in [0.2, 0.25) is 0 Å². The van der Waals surface area contributed by atoms with Gasteiger partial charge in [0, 0.05) is 5.69 Å². The minimum absolute atomic E-state index is 0.0570. The minimum Gasteiger partial charge on any atom is -0.545 e. The fraction of sp³-hybridized carbons (Fsp3) is 0.125. The van der Waals surface area contributed by atoms with Gasteiger partial charge in [0.15, 0.2) is 6.10 Å². The van der Waals surface area contributed by atoms with E-state index in [9.17, 15) is 14.7 Å². The molecule has 2 aromatic rings. The van der Waals surface area contributed by atoms with E-state index in [2.05, 4.69) is 5.32 Å². The van der Waals surface area contributed by atoms with Gasteiger partial charge in [-0.3, -0.25) is 4.79 Å². The van der Waals surface area contributed by atoms with E-state index in [1.807, 2.05) is 18.2 Å². The van der Waals surface area contributed by atoms with Gasteiger partial charge < -0.3 is 20.0 Å². The number of carboxylic acid groups (broad SMARTS) is 1. The van der Waals surface area contributed by atoms with Gasteiger partial charge in [-0.2, -0.15) is 0 Å². The molecule has 5 nitrogen and oxygen atoms in total. The topological polar surface area (TPSA) is 78.5 Å². The van der Waals surface area contributed by atoms with E-state index in [1.165, 1.54) is 24.3 Å². The number of benzene rings is 2. The maximum Gasteiger partial charge on any atom is 0.265 e. The van der Waals surface area contributed by atoms with E-state index in [4.69, 9.17) is 4.74 Å². The van der Waals surface area contributed by atoms with E-state index in [-0.39, 0.29) is 11.5 Å². The number of ether oxygens (including phenoxy) is 1.